The van der Waals surface area contributed by atoms with E-state index in [-0.39, 0.29) is 12.6 Å². The Hall–Kier alpha value is -2.54. The summed E-state index contributed by atoms with van der Waals surface area (Å²) in [6.07, 6.45) is 1.49. The minimum atomic E-state index is -0.376. The number of hydrogen-bond donors (Lipinski definition) is 0. The Kier molecular flexibility index (Phi) is 4.24. The van der Waals surface area contributed by atoms with E-state index in [0.29, 0.717) is 5.56 Å². The predicted octanol–water partition coefficient (Wildman–Crippen LogP) is 2.78. The lowest BCUT2D eigenvalue weighted by molar-refractivity contribution is 0.0472. The number of carbonyl (C=O) groups is 1. The number of tetrazole rings is 1. The summed E-state index contributed by atoms with van der Waals surface area (Å²) in [5.74, 6) is -0.376. The second-order valence-corrected chi connectivity index (χ2v) is 5.32. The fourth-order valence-electron chi connectivity index (χ4n) is 1.87. The number of aromatic nitrogens is 4. The number of carbonyl (C=O) groups excluding carboxylic acids is 1. The zero-order valence-corrected chi connectivity index (χ0v) is 13.0. The molecule has 0 bridgehead atoms. The molecule has 0 N–H and O–H groups in total. The summed E-state index contributed by atoms with van der Waals surface area (Å²) < 4.78 is 7.73. The summed E-state index contributed by atoms with van der Waals surface area (Å²) in [6.45, 7) is 0.217. The van der Waals surface area contributed by atoms with Crippen molar-refractivity contribution in [2.24, 2.45) is 0 Å². The first kappa shape index (κ1) is 14.4. The first-order valence-electron chi connectivity index (χ1n) is 6.48. The molecule has 0 saturated heterocycles. The van der Waals surface area contributed by atoms with Gasteiger partial charge in [0.2, 0.25) is 0 Å². The molecule has 0 radical (unpaired) electrons. The van der Waals surface area contributed by atoms with Gasteiger partial charge in [-0.25, -0.2) is 9.48 Å². The maximum Gasteiger partial charge on any atom is 0.338 e. The molecule has 7 heteroatoms. The molecule has 6 nitrogen and oxygen atoms in total. The molecule has 3 rings (SSSR count). The quantitative estimate of drug-likeness (QED) is 0.670. The molecule has 22 heavy (non-hydrogen) atoms. The number of rotatable bonds is 4. The fraction of sp³-hybridized carbons (Fsp3) is 0.0667. The SMILES string of the molecule is O=C(OCc1ccccc1Br)c1ccc(-n2cnnn2)cc1. The van der Waals surface area contributed by atoms with Gasteiger partial charge in [-0.15, -0.1) is 5.10 Å². The third kappa shape index (κ3) is 3.20. The molecule has 0 aliphatic carbocycles. The third-order valence-electron chi connectivity index (χ3n) is 3.03. The number of hydrogen-bond acceptors (Lipinski definition) is 5. The zero-order chi connectivity index (χ0) is 15.4. The summed E-state index contributed by atoms with van der Waals surface area (Å²) in [7, 11) is 0. The summed E-state index contributed by atoms with van der Waals surface area (Å²) >= 11 is 3.42. The number of benzene rings is 2. The van der Waals surface area contributed by atoms with E-state index in [2.05, 4.69) is 31.5 Å². The molecule has 0 aliphatic rings. The van der Waals surface area contributed by atoms with E-state index >= 15 is 0 Å². The van der Waals surface area contributed by atoms with Crippen molar-refractivity contribution in [3.63, 3.8) is 0 Å². The maximum absolute atomic E-state index is 12.0. The molecule has 0 unspecified atom stereocenters. The van der Waals surface area contributed by atoms with Crippen molar-refractivity contribution in [1.82, 2.24) is 20.2 Å². The molecular formula is C15H11BrN4O2. The van der Waals surface area contributed by atoms with Crippen LogP contribution in [-0.2, 0) is 11.3 Å². The van der Waals surface area contributed by atoms with Crippen molar-refractivity contribution in [2.75, 3.05) is 0 Å². The van der Waals surface area contributed by atoms with E-state index in [1.165, 1.54) is 11.0 Å². The van der Waals surface area contributed by atoms with Crippen LogP contribution in [0.2, 0.25) is 0 Å². The average molecular weight is 359 g/mol. The lowest BCUT2D eigenvalue weighted by atomic mass is 10.2. The Morgan fingerprint density at radius 1 is 1.14 bits per heavy atom. The molecule has 3 aromatic rings. The van der Waals surface area contributed by atoms with Crippen LogP contribution >= 0.6 is 15.9 Å². The number of halogens is 1. The van der Waals surface area contributed by atoms with Crippen LogP contribution in [-0.4, -0.2) is 26.2 Å². The normalized spacial score (nSPS) is 10.4. The van der Waals surface area contributed by atoms with Gasteiger partial charge in [0.25, 0.3) is 0 Å². The molecule has 110 valence electrons. The van der Waals surface area contributed by atoms with Gasteiger partial charge in [0.1, 0.15) is 12.9 Å². The number of ether oxygens (including phenoxy) is 1. The van der Waals surface area contributed by atoms with Crippen LogP contribution in [0.3, 0.4) is 0 Å². The van der Waals surface area contributed by atoms with E-state index in [0.717, 1.165) is 15.7 Å². The second-order valence-electron chi connectivity index (χ2n) is 4.47. The van der Waals surface area contributed by atoms with Crippen LogP contribution in [0.5, 0.6) is 0 Å². The van der Waals surface area contributed by atoms with Gasteiger partial charge in [0.05, 0.1) is 11.3 Å². The van der Waals surface area contributed by atoms with Crippen LogP contribution in [0, 0.1) is 0 Å². The molecule has 2 aromatic carbocycles. The largest absolute Gasteiger partial charge is 0.457 e. The Labute approximate surface area is 134 Å². The standard InChI is InChI=1S/C15H11BrN4O2/c16-14-4-2-1-3-12(14)9-22-15(21)11-5-7-13(8-6-11)20-10-17-18-19-20/h1-8,10H,9H2. The van der Waals surface area contributed by atoms with E-state index in [4.69, 9.17) is 4.74 Å². The van der Waals surface area contributed by atoms with Gasteiger partial charge < -0.3 is 4.74 Å². The van der Waals surface area contributed by atoms with Gasteiger partial charge in [0, 0.05) is 10.0 Å². The highest BCUT2D eigenvalue weighted by molar-refractivity contribution is 9.10. The highest BCUT2D eigenvalue weighted by Gasteiger charge is 2.09. The zero-order valence-electron chi connectivity index (χ0n) is 11.4. The minimum absolute atomic E-state index is 0.217. The smallest absolute Gasteiger partial charge is 0.338 e. The maximum atomic E-state index is 12.0. The molecule has 1 aromatic heterocycles. The number of nitrogens with zero attached hydrogens (tertiary/aromatic N) is 4. The lowest BCUT2D eigenvalue weighted by Crippen LogP contribution is -2.06. The molecule has 0 atom stereocenters. The van der Waals surface area contributed by atoms with Crippen molar-refractivity contribution in [2.45, 2.75) is 6.61 Å². The average Bonchev–Trinajstić information content (AvgIpc) is 3.08. The van der Waals surface area contributed by atoms with Crippen molar-refractivity contribution in [3.8, 4) is 5.69 Å². The van der Waals surface area contributed by atoms with Crippen LogP contribution in [0.4, 0.5) is 0 Å². The fourth-order valence-corrected chi connectivity index (χ4v) is 2.27. The monoisotopic (exact) mass is 358 g/mol. The first-order valence-corrected chi connectivity index (χ1v) is 7.27. The second kappa shape index (κ2) is 6.48. The van der Waals surface area contributed by atoms with Crippen LogP contribution in [0.1, 0.15) is 15.9 Å². The summed E-state index contributed by atoms with van der Waals surface area (Å²) in [5.41, 5.74) is 2.16. The summed E-state index contributed by atoms with van der Waals surface area (Å²) in [4.78, 5) is 12.0. The number of esters is 1. The predicted molar refractivity (Wildman–Crippen MR) is 82.4 cm³/mol. The molecular weight excluding hydrogens is 348 g/mol. The van der Waals surface area contributed by atoms with Gasteiger partial charge in [-0.05, 0) is 40.8 Å². The van der Waals surface area contributed by atoms with Crippen LogP contribution in [0.25, 0.3) is 5.69 Å². The molecule has 1 heterocycles. The highest BCUT2D eigenvalue weighted by Crippen LogP contribution is 2.17. The summed E-state index contributed by atoms with van der Waals surface area (Å²) in [6, 6.07) is 14.5. The molecule has 0 amide bonds. The van der Waals surface area contributed by atoms with E-state index < -0.39 is 0 Å². The minimum Gasteiger partial charge on any atom is -0.457 e. The highest BCUT2D eigenvalue weighted by atomic mass is 79.9. The van der Waals surface area contributed by atoms with Crippen molar-refractivity contribution >= 4 is 21.9 Å². The van der Waals surface area contributed by atoms with E-state index in [9.17, 15) is 4.79 Å². The van der Waals surface area contributed by atoms with Gasteiger partial charge in [0.15, 0.2) is 0 Å². The topological polar surface area (TPSA) is 69.9 Å². The van der Waals surface area contributed by atoms with E-state index in [1.54, 1.807) is 24.3 Å². The van der Waals surface area contributed by atoms with E-state index in [1.807, 2.05) is 24.3 Å². The van der Waals surface area contributed by atoms with Crippen molar-refractivity contribution < 1.29 is 9.53 Å². The van der Waals surface area contributed by atoms with Crippen molar-refractivity contribution in [3.05, 3.63) is 70.5 Å². The summed E-state index contributed by atoms with van der Waals surface area (Å²) in [5, 5.41) is 10.9. The van der Waals surface area contributed by atoms with Crippen molar-refractivity contribution in [1.29, 1.82) is 0 Å². The lowest BCUT2D eigenvalue weighted by Gasteiger charge is -2.07. The Bertz CT molecular complexity index is 773. The van der Waals surface area contributed by atoms with Crippen LogP contribution < -0.4 is 0 Å². The Morgan fingerprint density at radius 3 is 2.59 bits per heavy atom. The van der Waals surface area contributed by atoms with Gasteiger partial charge in [-0.1, -0.05) is 34.1 Å². The molecule has 0 fully saturated rings. The Morgan fingerprint density at radius 2 is 1.91 bits per heavy atom. The van der Waals surface area contributed by atoms with Gasteiger partial charge in [-0.3, -0.25) is 0 Å². The molecule has 0 aliphatic heterocycles. The van der Waals surface area contributed by atoms with Gasteiger partial charge in [-0.2, -0.15) is 0 Å². The molecule has 0 spiro atoms. The molecule has 0 saturated carbocycles. The van der Waals surface area contributed by atoms with Gasteiger partial charge >= 0.3 is 5.97 Å². The first-order chi connectivity index (χ1) is 10.7. The van der Waals surface area contributed by atoms with Crippen LogP contribution in [0.15, 0.2) is 59.3 Å². The Balaban J connectivity index is 1.67. The third-order valence-corrected chi connectivity index (χ3v) is 3.81.